The van der Waals surface area contributed by atoms with Crippen molar-refractivity contribution in [3.63, 3.8) is 0 Å². The van der Waals surface area contributed by atoms with Crippen LogP contribution in [0.1, 0.15) is 34.8 Å². The van der Waals surface area contributed by atoms with Crippen LogP contribution in [-0.4, -0.2) is 14.6 Å². The van der Waals surface area contributed by atoms with Crippen molar-refractivity contribution in [3.8, 4) is 0 Å². The lowest BCUT2D eigenvalue weighted by Crippen LogP contribution is -2.19. The summed E-state index contributed by atoms with van der Waals surface area (Å²) in [4.78, 5) is 4.45. The quantitative estimate of drug-likeness (QED) is 0.801. The zero-order valence-electron chi connectivity index (χ0n) is 12.1. The van der Waals surface area contributed by atoms with Gasteiger partial charge in [0.25, 0.3) is 0 Å². The molecule has 21 heavy (non-hydrogen) atoms. The summed E-state index contributed by atoms with van der Waals surface area (Å²) in [6.07, 6.45) is 6.34. The molecule has 0 fully saturated rings. The van der Waals surface area contributed by atoms with Gasteiger partial charge in [0, 0.05) is 36.6 Å². The molecule has 0 aliphatic heterocycles. The topological polar surface area (TPSA) is 42.2 Å². The summed E-state index contributed by atoms with van der Waals surface area (Å²) in [7, 11) is 0. The summed E-state index contributed by atoms with van der Waals surface area (Å²) in [5.74, 6) is 0. The Kier molecular flexibility index (Phi) is 2.97. The van der Waals surface area contributed by atoms with Gasteiger partial charge in [-0.15, -0.1) is 0 Å². The predicted molar refractivity (Wildman–Crippen MR) is 82.1 cm³/mol. The van der Waals surface area contributed by atoms with Gasteiger partial charge in [0.15, 0.2) is 5.65 Å². The molecule has 0 saturated heterocycles. The number of rotatable bonds is 3. The van der Waals surface area contributed by atoms with Gasteiger partial charge in [0.1, 0.15) is 0 Å². The van der Waals surface area contributed by atoms with Crippen LogP contribution >= 0.6 is 0 Å². The highest BCUT2D eigenvalue weighted by molar-refractivity contribution is 5.39. The van der Waals surface area contributed by atoms with E-state index in [-0.39, 0.29) is 0 Å². The lowest BCUT2D eigenvalue weighted by molar-refractivity contribution is 0.528. The number of benzene rings is 1. The van der Waals surface area contributed by atoms with Crippen LogP contribution in [0.3, 0.4) is 0 Å². The molecule has 1 aromatic carbocycles. The van der Waals surface area contributed by atoms with Crippen molar-refractivity contribution >= 4 is 5.65 Å². The molecule has 1 aliphatic rings. The van der Waals surface area contributed by atoms with Gasteiger partial charge in [-0.25, -0.2) is 9.50 Å². The fourth-order valence-corrected chi connectivity index (χ4v) is 3.14. The van der Waals surface area contributed by atoms with Gasteiger partial charge in [0.2, 0.25) is 0 Å². The van der Waals surface area contributed by atoms with Gasteiger partial charge in [-0.05, 0) is 30.9 Å². The Bertz CT molecular complexity index is 790. The Labute approximate surface area is 123 Å². The minimum absolute atomic E-state index is 0.455. The van der Waals surface area contributed by atoms with Gasteiger partial charge >= 0.3 is 0 Å². The van der Waals surface area contributed by atoms with Crippen LogP contribution in [0.4, 0.5) is 0 Å². The molecule has 0 bridgehead atoms. The fourth-order valence-electron chi connectivity index (χ4n) is 3.14. The van der Waals surface area contributed by atoms with Crippen LogP contribution in [-0.2, 0) is 13.0 Å². The first-order valence-corrected chi connectivity index (χ1v) is 7.42. The van der Waals surface area contributed by atoms with E-state index in [1.807, 2.05) is 23.7 Å². The zero-order chi connectivity index (χ0) is 14.2. The minimum atomic E-state index is 0.455. The second kappa shape index (κ2) is 4.97. The molecule has 3 aromatic rings. The fraction of sp³-hybridized carbons (Fsp3) is 0.294. The largest absolute Gasteiger partial charge is 0.306 e. The van der Waals surface area contributed by atoms with Crippen LogP contribution in [0.15, 0.2) is 42.7 Å². The Hall–Kier alpha value is -2.20. The van der Waals surface area contributed by atoms with Crippen molar-refractivity contribution < 1.29 is 0 Å². The Morgan fingerprint density at radius 3 is 3.19 bits per heavy atom. The number of hydrogen-bond donors (Lipinski definition) is 1. The normalized spacial score (nSPS) is 17.3. The number of hydrogen-bond acceptors (Lipinski definition) is 3. The maximum atomic E-state index is 4.45. The lowest BCUT2D eigenvalue weighted by atomic mass is 10.1. The van der Waals surface area contributed by atoms with Crippen molar-refractivity contribution in [1.82, 2.24) is 19.9 Å². The third kappa shape index (κ3) is 2.32. The van der Waals surface area contributed by atoms with Gasteiger partial charge in [0.05, 0.1) is 5.69 Å². The molecule has 0 spiro atoms. The smallest absolute Gasteiger partial charge is 0.155 e. The van der Waals surface area contributed by atoms with E-state index in [0.717, 1.165) is 23.4 Å². The van der Waals surface area contributed by atoms with Crippen molar-refractivity contribution in [3.05, 3.63) is 65.1 Å². The van der Waals surface area contributed by atoms with E-state index in [4.69, 9.17) is 0 Å². The first-order valence-electron chi connectivity index (χ1n) is 7.42. The van der Waals surface area contributed by atoms with E-state index in [9.17, 15) is 0 Å². The van der Waals surface area contributed by atoms with Gasteiger partial charge in [-0.3, -0.25) is 0 Å². The maximum absolute atomic E-state index is 4.45. The van der Waals surface area contributed by atoms with E-state index < -0.39 is 0 Å². The zero-order valence-corrected chi connectivity index (χ0v) is 12.1. The standard InChI is InChI=1S/C17H18N4/c1-12-8-17-19-10-13(11-21(17)20-12)9-18-16-7-6-14-4-2-3-5-15(14)16/h2-5,8,10-11,16,18H,6-7,9H2,1H3. The second-order valence-electron chi connectivity index (χ2n) is 5.72. The Balaban J connectivity index is 1.51. The van der Waals surface area contributed by atoms with E-state index in [2.05, 4.69) is 45.9 Å². The van der Waals surface area contributed by atoms with Crippen molar-refractivity contribution in [2.24, 2.45) is 0 Å². The average molecular weight is 278 g/mol. The van der Waals surface area contributed by atoms with Crippen LogP contribution in [0.5, 0.6) is 0 Å². The third-order valence-electron chi connectivity index (χ3n) is 4.17. The van der Waals surface area contributed by atoms with Crippen LogP contribution < -0.4 is 5.32 Å². The molecule has 1 aliphatic carbocycles. The van der Waals surface area contributed by atoms with Gasteiger partial charge in [-0.1, -0.05) is 24.3 Å². The molecule has 2 heterocycles. The molecular weight excluding hydrogens is 260 g/mol. The number of aryl methyl sites for hydroxylation is 2. The molecule has 4 rings (SSSR count). The monoisotopic (exact) mass is 278 g/mol. The second-order valence-corrected chi connectivity index (χ2v) is 5.72. The molecule has 1 unspecified atom stereocenters. The molecular formula is C17H18N4. The molecule has 0 radical (unpaired) electrons. The van der Waals surface area contributed by atoms with Gasteiger partial charge < -0.3 is 5.32 Å². The SMILES string of the molecule is Cc1cc2ncc(CNC3CCc4ccccc43)cn2n1. The number of nitrogens with zero attached hydrogens (tertiary/aromatic N) is 3. The van der Waals surface area contributed by atoms with Crippen molar-refractivity contribution in [2.45, 2.75) is 32.4 Å². The summed E-state index contributed by atoms with van der Waals surface area (Å²) >= 11 is 0. The summed E-state index contributed by atoms with van der Waals surface area (Å²) < 4.78 is 1.86. The van der Waals surface area contributed by atoms with Crippen LogP contribution in [0, 0.1) is 6.92 Å². The van der Waals surface area contributed by atoms with Crippen LogP contribution in [0.25, 0.3) is 5.65 Å². The summed E-state index contributed by atoms with van der Waals surface area (Å²) in [6, 6.07) is 11.2. The number of fused-ring (bicyclic) bond motifs is 2. The lowest BCUT2D eigenvalue weighted by Gasteiger charge is -2.13. The van der Waals surface area contributed by atoms with E-state index in [0.29, 0.717) is 6.04 Å². The first-order chi connectivity index (χ1) is 10.3. The average Bonchev–Trinajstić information content (AvgIpc) is 3.07. The van der Waals surface area contributed by atoms with E-state index in [1.165, 1.54) is 24.0 Å². The highest BCUT2D eigenvalue weighted by atomic mass is 15.2. The van der Waals surface area contributed by atoms with Crippen molar-refractivity contribution in [2.75, 3.05) is 0 Å². The predicted octanol–water partition coefficient (Wildman–Crippen LogP) is 2.81. The number of aromatic nitrogens is 3. The maximum Gasteiger partial charge on any atom is 0.155 e. The van der Waals surface area contributed by atoms with Crippen molar-refractivity contribution in [1.29, 1.82) is 0 Å². The number of nitrogens with one attached hydrogen (secondary N) is 1. The Morgan fingerprint density at radius 2 is 2.24 bits per heavy atom. The molecule has 1 N–H and O–H groups in total. The summed E-state index contributed by atoms with van der Waals surface area (Å²) in [5.41, 5.74) is 5.99. The molecule has 0 amide bonds. The first kappa shape index (κ1) is 12.5. The van der Waals surface area contributed by atoms with E-state index >= 15 is 0 Å². The highest BCUT2D eigenvalue weighted by Gasteiger charge is 2.21. The molecule has 4 nitrogen and oxygen atoms in total. The van der Waals surface area contributed by atoms with Gasteiger partial charge in [-0.2, -0.15) is 5.10 Å². The molecule has 106 valence electrons. The molecule has 2 aromatic heterocycles. The Morgan fingerprint density at radius 1 is 1.33 bits per heavy atom. The summed E-state index contributed by atoms with van der Waals surface area (Å²) in [5, 5.41) is 8.06. The summed E-state index contributed by atoms with van der Waals surface area (Å²) in [6.45, 7) is 2.81. The van der Waals surface area contributed by atoms with E-state index in [1.54, 1.807) is 0 Å². The molecule has 1 atom stereocenters. The minimum Gasteiger partial charge on any atom is -0.306 e. The highest BCUT2D eigenvalue weighted by Crippen LogP contribution is 2.30. The molecule has 0 saturated carbocycles. The van der Waals surface area contributed by atoms with Crippen LogP contribution in [0.2, 0.25) is 0 Å². The third-order valence-corrected chi connectivity index (χ3v) is 4.17. The molecule has 4 heteroatoms.